The van der Waals surface area contributed by atoms with Gasteiger partial charge in [-0.25, -0.2) is 0 Å². The molecule has 176 valence electrons. The second-order valence-electron chi connectivity index (χ2n) is 8.03. The molecule has 0 fully saturated rings. The van der Waals surface area contributed by atoms with Crippen molar-refractivity contribution in [2.45, 2.75) is 19.4 Å². The van der Waals surface area contributed by atoms with Crippen molar-refractivity contribution in [3.8, 4) is 11.5 Å². The van der Waals surface area contributed by atoms with Crippen molar-refractivity contribution in [1.82, 2.24) is 10.3 Å². The number of phenols is 1. The van der Waals surface area contributed by atoms with Crippen molar-refractivity contribution in [3.05, 3.63) is 94.3 Å². The maximum Gasteiger partial charge on any atom is 0.248 e. The number of hydrogen-bond donors (Lipinski definition) is 5. The summed E-state index contributed by atoms with van der Waals surface area (Å²) in [5, 5.41) is 27.9. The van der Waals surface area contributed by atoms with Gasteiger partial charge in [-0.1, -0.05) is 18.2 Å². The first-order chi connectivity index (χ1) is 16.5. The zero-order chi connectivity index (χ0) is 23.9. The van der Waals surface area contributed by atoms with Crippen LogP contribution in [0.25, 0.3) is 10.9 Å². The summed E-state index contributed by atoms with van der Waals surface area (Å²) >= 11 is 0. The number of pyridine rings is 1. The molecule has 0 bridgehead atoms. The van der Waals surface area contributed by atoms with Crippen molar-refractivity contribution < 1.29 is 14.9 Å². The molecule has 0 saturated carbocycles. The normalized spacial score (nSPS) is 11.9. The number of aromatic nitrogens is 1. The number of aliphatic hydroxyl groups excluding tert-OH is 1. The number of aliphatic hydroxyl groups is 1. The summed E-state index contributed by atoms with van der Waals surface area (Å²) in [6.07, 6.45) is 0.0503. The first kappa shape index (κ1) is 23.4. The molecule has 7 nitrogen and oxygen atoms in total. The standard InChI is InChI=1S/C27H29N3O4/c1-2-34-21-9-7-20(8-10-21)29-19-5-3-18(4-6-19)15-16-28-17-25(32)22-11-13-24(31)27-23(22)12-14-26(33)30-27/h3-14,25,28-29,31-32H,2,15-17H2,1H3,(H,30,33)/t25-/m1/s1. The zero-order valence-corrected chi connectivity index (χ0v) is 19.0. The Kier molecular flexibility index (Phi) is 7.47. The number of anilines is 2. The van der Waals surface area contributed by atoms with Gasteiger partial charge in [0.2, 0.25) is 5.56 Å². The van der Waals surface area contributed by atoms with E-state index in [-0.39, 0.29) is 11.3 Å². The molecule has 0 aliphatic heterocycles. The summed E-state index contributed by atoms with van der Waals surface area (Å²) in [4.78, 5) is 14.2. The molecular weight excluding hydrogens is 430 g/mol. The minimum atomic E-state index is -0.769. The fourth-order valence-corrected chi connectivity index (χ4v) is 3.85. The van der Waals surface area contributed by atoms with Crippen LogP contribution in [0.3, 0.4) is 0 Å². The molecule has 0 spiro atoms. The summed E-state index contributed by atoms with van der Waals surface area (Å²) in [7, 11) is 0. The van der Waals surface area contributed by atoms with Gasteiger partial charge < -0.3 is 30.6 Å². The van der Waals surface area contributed by atoms with E-state index in [2.05, 4.69) is 27.8 Å². The first-order valence-electron chi connectivity index (χ1n) is 11.4. The van der Waals surface area contributed by atoms with E-state index in [1.54, 1.807) is 12.1 Å². The Labute approximate surface area is 198 Å². The number of benzene rings is 3. The molecule has 3 aromatic carbocycles. The van der Waals surface area contributed by atoms with Crippen molar-refractivity contribution in [2.75, 3.05) is 25.0 Å². The van der Waals surface area contributed by atoms with E-state index < -0.39 is 6.10 Å². The molecular formula is C27H29N3O4. The third-order valence-electron chi connectivity index (χ3n) is 5.60. The monoisotopic (exact) mass is 459 g/mol. The molecule has 1 aromatic heterocycles. The van der Waals surface area contributed by atoms with Gasteiger partial charge in [0.05, 0.1) is 18.2 Å². The van der Waals surface area contributed by atoms with Gasteiger partial charge in [0.1, 0.15) is 11.5 Å². The van der Waals surface area contributed by atoms with Gasteiger partial charge in [0.15, 0.2) is 0 Å². The molecule has 0 unspecified atom stereocenters. The topological polar surface area (TPSA) is 107 Å². The van der Waals surface area contributed by atoms with E-state index in [9.17, 15) is 15.0 Å². The molecule has 4 rings (SSSR count). The van der Waals surface area contributed by atoms with Crippen LogP contribution in [0.15, 0.2) is 77.6 Å². The number of nitrogens with one attached hydrogen (secondary N) is 3. The SMILES string of the molecule is CCOc1ccc(Nc2ccc(CCNC[C@@H](O)c3ccc(O)c4[nH]c(=O)ccc34)cc2)cc1. The smallest absolute Gasteiger partial charge is 0.248 e. The number of aromatic amines is 1. The molecule has 4 aromatic rings. The van der Waals surface area contributed by atoms with E-state index in [4.69, 9.17) is 4.74 Å². The highest BCUT2D eigenvalue weighted by Gasteiger charge is 2.13. The van der Waals surface area contributed by atoms with Crippen molar-refractivity contribution in [2.24, 2.45) is 0 Å². The maximum absolute atomic E-state index is 11.6. The molecule has 5 N–H and O–H groups in total. The van der Waals surface area contributed by atoms with Crippen LogP contribution >= 0.6 is 0 Å². The first-order valence-corrected chi connectivity index (χ1v) is 11.4. The minimum Gasteiger partial charge on any atom is -0.506 e. The predicted molar refractivity (Wildman–Crippen MR) is 135 cm³/mol. The van der Waals surface area contributed by atoms with Crippen LogP contribution < -0.4 is 20.9 Å². The second kappa shape index (κ2) is 10.9. The number of aromatic hydroxyl groups is 1. The lowest BCUT2D eigenvalue weighted by Crippen LogP contribution is -2.24. The third kappa shape index (κ3) is 5.75. The summed E-state index contributed by atoms with van der Waals surface area (Å²) in [5.74, 6) is 0.839. The van der Waals surface area contributed by atoms with Crippen LogP contribution in [-0.4, -0.2) is 34.9 Å². The minimum absolute atomic E-state index is 0.0166. The van der Waals surface area contributed by atoms with E-state index in [1.165, 1.54) is 17.7 Å². The highest BCUT2D eigenvalue weighted by atomic mass is 16.5. The van der Waals surface area contributed by atoms with Crippen molar-refractivity contribution >= 4 is 22.3 Å². The van der Waals surface area contributed by atoms with Gasteiger partial charge in [0.25, 0.3) is 0 Å². The van der Waals surface area contributed by atoms with E-state index in [0.29, 0.717) is 36.2 Å². The molecule has 0 amide bonds. The number of ether oxygens (including phenoxy) is 1. The Morgan fingerprint density at radius 2 is 1.65 bits per heavy atom. The van der Waals surface area contributed by atoms with Crippen LogP contribution in [0.1, 0.15) is 24.2 Å². The summed E-state index contributed by atoms with van der Waals surface area (Å²) in [6, 6.07) is 22.3. The molecule has 0 saturated heterocycles. The summed E-state index contributed by atoms with van der Waals surface area (Å²) in [5.41, 5.74) is 3.88. The van der Waals surface area contributed by atoms with Crippen molar-refractivity contribution in [1.29, 1.82) is 0 Å². The zero-order valence-electron chi connectivity index (χ0n) is 19.0. The van der Waals surface area contributed by atoms with Crippen LogP contribution in [0, 0.1) is 0 Å². The Morgan fingerprint density at radius 3 is 2.35 bits per heavy atom. The van der Waals surface area contributed by atoms with Gasteiger partial charge in [-0.15, -0.1) is 0 Å². The summed E-state index contributed by atoms with van der Waals surface area (Å²) in [6.45, 7) is 3.68. The number of rotatable bonds is 10. The van der Waals surface area contributed by atoms with Gasteiger partial charge in [0, 0.05) is 29.4 Å². The fraction of sp³-hybridized carbons (Fsp3) is 0.222. The highest BCUT2D eigenvalue weighted by molar-refractivity contribution is 5.87. The lowest BCUT2D eigenvalue weighted by atomic mass is 10.0. The average Bonchev–Trinajstić information content (AvgIpc) is 2.84. The molecule has 1 atom stereocenters. The lowest BCUT2D eigenvalue weighted by Gasteiger charge is -2.15. The highest BCUT2D eigenvalue weighted by Crippen LogP contribution is 2.28. The molecule has 0 aliphatic carbocycles. The van der Waals surface area contributed by atoms with Crippen LogP contribution in [-0.2, 0) is 6.42 Å². The fourth-order valence-electron chi connectivity index (χ4n) is 3.85. The Bertz CT molecular complexity index is 1280. The van der Waals surface area contributed by atoms with Crippen LogP contribution in [0.5, 0.6) is 11.5 Å². The van der Waals surface area contributed by atoms with Gasteiger partial charge in [-0.05, 0) is 79.5 Å². The Balaban J connectivity index is 1.27. The molecule has 1 heterocycles. The quantitative estimate of drug-likeness (QED) is 0.227. The number of fused-ring (bicyclic) bond motifs is 1. The largest absolute Gasteiger partial charge is 0.506 e. The Hall–Kier alpha value is -3.81. The number of hydrogen-bond acceptors (Lipinski definition) is 6. The maximum atomic E-state index is 11.6. The molecule has 34 heavy (non-hydrogen) atoms. The van der Waals surface area contributed by atoms with Gasteiger partial charge >= 0.3 is 0 Å². The van der Waals surface area contributed by atoms with Crippen LogP contribution in [0.4, 0.5) is 11.4 Å². The number of phenolic OH excluding ortho intramolecular Hbond substituents is 1. The van der Waals surface area contributed by atoms with Crippen molar-refractivity contribution in [3.63, 3.8) is 0 Å². The summed E-state index contributed by atoms with van der Waals surface area (Å²) < 4.78 is 5.47. The average molecular weight is 460 g/mol. The predicted octanol–water partition coefficient (Wildman–Crippen LogP) is 4.24. The van der Waals surface area contributed by atoms with E-state index >= 15 is 0 Å². The van der Waals surface area contributed by atoms with Crippen LogP contribution in [0.2, 0.25) is 0 Å². The molecule has 7 heteroatoms. The second-order valence-corrected chi connectivity index (χ2v) is 8.03. The number of H-pyrrole nitrogens is 1. The van der Waals surface area contributed by atoms with E-state index in [1.807, 2.05) is 43.3 Å². The third-order valence-corrected chi connectivity index (χ3v) is 5.60. The van der Waals surface area contributed by atoms with E-state index in [0.717, 1.165) is 23.5 Å². The molecule has 0 aliphatic rings. The van der Waals surface area contributed by atoms with Gasteiger partial charge in [-0.2, -0.15) is 0 Å². The lowest BCUT2D eigenvalue weighted by molar-refractivity contribution is 0.176. The molecule has 0 radical (unpaired) electrons. The Morgan fingerprint density at radius 1 is 0.941 bits per heavy atom. The van der Waals surface area contributed by atoms with Gasteiger partial charge in [-0.3, -0.25) is 4.79 Å².